The van der Waals surface area contributed by atoms with E-state index in [1.54, 1.807) is 38.2 Å². The second kappa shape index (κ2) is 11.3. The van der Waals surface area contributed by atoms with Gasteiger partial charge in [0, 0.05) is 12.7 Å². The summed E-state index contributed by atoms with van der Waals surface area (Å²) in [6.07, 6.45) is -3.07. The molecule has 0 spiro atoms. The Hall–Kier alpha value is -3.61. The summed E-state index contributed by atoms with van der Waals surface area (Å²) in [7, 11) is 0. The van der Waals surface area contributed by atoms with Gasteiger partial charge >= 0.3 is 18.1 Å². The maximum absolute atomic E-state index is 12.3. The standard InChI is InChI=1S/C23H24F3N3O4/c1-22(2,14-20(30)33-21(31)23(24,25)26)13-16-7-8-18(12-17(16)15-27)32-11-5-10-29-19-6-3-4-9-28-19/h3-4,6-9,12H,5,10-11,13-14H2,1-2H3,(H,28,29). The lowest BCUT2D eigenvalue weighted by Crippen LogP contribution is -2.30. The smallest absolute Gasteiger partial charge is 0.491 e. The van der Waals surface area contributed by atoms with Crippen molar-refractivity contribution >= 4 is 17.8 Å². The molecule has 0 saturated heterocycles. The molecule has 0 saturated carbocycles. The Labute approximate surface area is 189 Å². The van der Waals surface area contributed by atoms with Crippen molar-refractivity contribution in [1.82, 2.24) is 4.98 Å². The van der Waals surface area contributed by atoms with Crippen LogP contribution < -0.4 is 10.1 Å². The SMILES string of the molecule is CC(C)(CC(=O)OC(=O)C(F)(F)F)Cc1ccc(OCCCNc2ccccn2)cc1C#N. The largest absolute Gasteiger partial charge is 0.493 e. The number of carbonyl (C=O) groups excluding carboxylic acids is 2. The molecule has 0 aliphatic rings. The van der Waals surface area contributed by atoms with Gasteiger partial charge in [-0.25, -0.2) is 9.78 Å². The maximum Gasteiger partial charge on any atom is 0.491 e. The molecule has 7 nitrogen and oxygen atoms in total. The topological polar surface area (TPSA) is 101 Å². The van der Waals surface area contributed by atoms with E-state index in [-0.39, 0.29) is 6.42 Å². The van der Waals surface area contributed by atoms with Crippen molar-refractivity contribution < 1.29 is 32.2 Å². The van der Waals surface area contributed by atoms with E-state index in [4.69, 9.17) is 4.74 Å². The van der Waals surface area contributed by atoms with Crippen LogP contribution in [0.5, 0.6) is 5.75 Å². The fourth-order valence-electron chi connectivity index (χ4n) is 3.02. The number of esters is 2. The Balaban J connectivity index is 1.88. The molecule has 2 rings (SSSR count). The number of carbonyl (C=O) groups is 2. The van der Waals surface area contributed by atoms with Crippen molar-refractivity contribution in [3.8, 4) is 11.8 Å². The molecule has 0 unspecified atom stereocenters. The first kappa shape index (κ1) is 25.6. The first-order chi connectivity index (χ1) is 15.5. The number of rotatable bonds is 10. The van der Waals surface area contributed by atoms with Crippen molar-refractivity contribution in [3.63, 3.8) is 0 Å². The Kier molecular flexibility index (Phi) is 8.79. The molecule has 1 aromatic heterocycles. The first-order valence-corrected chi connectivity index (χ1v) is 10.1. The average Bonchev–Trinajstić information content (AvgIpc) is 2.73. The Morgan fingerprint density at radius 1 is 1.18 bits per heavy atom. The molecule has 1 heterocycles. The highest BCUT2D eigenvalue weighted by Gasteiger charge is 2.43. The van der Waals surface area contributed by atoms with Gasteiger partial charge in [-0.05, 0) is 48.1 Å². The fraction of sp³-hybridized carbons (Fsp3) is 0.391. The molecule has 1 N–H and O–H groups in total. The minimum absolute atomic E-state index is 0.208. The number of anilines is 1. The van der Waals surface area contributed by atoms with Crippen LogP contribution in [0.25, 0.3) is 0 Å². The van der Waals surface area contributed by atoms with E-state index in [0.717, 1.165) is 5.82 Å². The van der Waals surface area contributed by atoms with E-state index in [1.807, 2.05) is 18.2 Å². The number of hydrogen-bond acceptors (Lipinski definition) is 7. The van der Waals surface area contributed by atoms with Crippen LogP contribution in [-0.2, 0) is 20.7 Å². The number of ether oxygens (including phenoxy) is 2. The lowest BCUT2D eigenvalue weighted by atomic mass is 9.81. The zero-order valence-electron chi connectivity index (χ0n) is 18.2. The van der Waals surface area contributed by atoms with Crippen LogP contribution in [0.3, 0.4) is 0 Å². The van der Waals surface area contributed by atoms with Crippen LogP contribution in [0.4, 0.5) is 19.0 Å². The van der Waals surface area contributed by atoms with Crippen molar-refractivity contribution in [2.75, 3.05) is 18.5 Å². The van der Waals surface area contributed by atoms with Gasteiger partial charge < -0.3 is 14.8 Å². The van der Waals surface area contributed by atoms with Gasteiger partial charge in [0.25, 0.3) is 0 Å². The van der Waals surface area contributed by atoms with Gasteiger partial charge in [0.15, 0.2) is 0 Å². The van der Waals surface area contributed by atoms with Crippen LogP contribution in [-0.4, -0.2) is 36.3 Å². The number of alkyl halides is 3. The van der Waals surface area contributed by atoms with E-state index in [2.05, 4.69) is 21.1 Å². The number of nitrogens with zero attached hydrogens (tertiary/aromatic N) is 2. The summed E-state index contributed by atoms with van der Waals surface area (Å²) in [5.41, 5.74) is 0.0715. The second-order valence-corrected chi connectivity index (χ2v) is 8.05. The van der Waals surface area contributed by atoms with Crippen LogP contribution >= 0.6 is 0 Å². The highest BCUT2D eigenvalue weighted by atomic mass is 19.4. The minimum atomic E-state index is -5.24. The third kappa shape index (κ3) is 8.80. The predicted octanol–water partition coefficient (Wildman–Crippen LogP) is 4.43. The molecule has 0 bridgehead atoms. The number of hydrogen-bond donors (Lipinski definition) is 1. The van der Waals surface area contributed by atoms with Gasteiger partial charge in [0.1, 0.15) is 11.6 Å². The van der Waals surface area contributed by atoms with Crippen molar-refractivity contribution in [2.24, 2.45) is 5.41 Å². The lowest BCUT2D eigenvalue weighted by Gasteiger charge is -2.24. The second-order valence-electron chi connectivity index (χ2n) is 8.05. The van der Waals surface area contributed by atoms with E-state index < -0.39 is 30.0 Å². The summed E-state index contributed by atoms with van der Waals surface area (Å²) in [6.45, 7) is 4.33. The molecule has 0 radical (unpaired) electrons. The van der Waals surface area contributed by atoms with E-state index >= 15 is 0 Å². The average molecular weight is 463 g/mol. The zero-order valence-corrected chi connectivity index (χ0v) is 18.2. The third-order valence-corrected chi connectivity index (χ3v) is 4.49. The van der Waals surface area contributed by atoms with Crippen LogP contribution in [0.15, 0.2) is 42.6 Å². The molecule has 176 valence electrons. The van der Waals surface area contributed by atoms with Crippen LogP contribution in [0, 0.1) is 16.7 Å². The fourth-order valence-corrected chi connectivity index (χ4v) is 3.02. The molecule has 1 aromatic carbocycles. The Bertz CT molecular complexity index is 1000. The number of nitrogens with one attached hydrogen (secondary N) is 1. The molecule has 0 atom stereocenters. The van der Waals surface area contributed by atoms with Gasteiger partial charge in [-0.2, -0.15) is 18.4 Å². The van der Waals surface area contributed by atoms with Gasteiger partial charge in [0.05, 0.1) is 24.7 Å². The molecular weight excluding hydrogens is 439 g/mol. The number of benzene rings is 1. The highest BCUT2D eigenvalue weighted by Crippen LogP contribution is 2.30. The van der Waals surface area contributed by atoms with Crippen molar-refractivity contribution in [2.45, 2.75) is 39.3 Å². The Morgan fingerprint density at radius 2 is 1.94 bits per heavy atom. The maximum atomic E-state index is 12.3. The van der Waals surface area contributed by atoms with Crippen LogP contribution in [0.2, 0.25) is 0 Å². The zero-order chi connectivity index (χ0) is 24.5. The monoisotopic (exact) mass is 463 g/mol. The summed E-state index contributed by atoms with van der Waals surface area (Å²) in [4.78, 5) is 26.7. The normalized spacial score (nSPS) is 11.4. The molecule has 0 aliphatic heterocycles. The van der Waals surface area contributed by atoms with Gasteiger partial charge in [-0.1, -0.05) is 26.0 Å². The van der Waals surface area contributed by atoms with Crippen molar-refractivity contribution in [3.05, 3.63) is 53.7 Å². The first-order valence-electron chi connectivity index (χ1n) is 10.1. The van der Waals surface area contributed by atoms with Crippen molar-refractivity contribution in [1.29, 1.82) is 5.26 Å². The molecule has 2 aromatic rings. The molecule has 0 aliphatic carbocycles. The van der Waals surface area contributed by atoms with E-state index in [1.165, 1.54) is 0 Å². The quantitative estimate of drug-likeness (QED) is 0.316. The third-order valence-electron chi connectivity index (χ3n) is 4.49. The number of pyridine rings is 1. The lowest BCUT2D eigenvalue weighted by molar-refractivity contribution is -0.202. The molecular formula is C23H24F3N3O4. The molecule has 10 heteroatoms. The summed E-state index contributed by atoms with van der Waals surface area (Å²) in [5.74, 6) is -2.55. The Morgan fingerprint density at radius 3 is 2.58 bits per heavy atom. The summed E-state index contributed by atoms with van der Waals surface area (Å²) < 4.78 is 46.3. The molecule has 33 heavy (non-hydrogen) atoms. The minimum Gasteiger partial charge on any atom is -0.493 e. The van der Waals surface area contributed by atoms with E-state index in [0.29, 0.717) is 36.4 Å². The summed E-state index contributed by atoms with van der Waals surface area (Å²) in [6, 6.07) is 12.6. The number of aromatic nitrogens is 1. The van der Waals surface area contributed by atoms with Gasteiger partial charge in [-0.15, -0.1) is 0 Å². The molecule has 0 fully saturated rings. The number of halogens is 3. The predicted molar refractivity (Wildman–Crippen MR) is 113 cm³/mol. The number of nitriles is 1. The summed E-state index contributed by atoms with van der Waals surface area (Å²) >= 11 is 0. The van der Waals surface area contributed by atoms with Gasteiger partial charge in [0.2, 0.25) is 0 Å². The van der Waals surface area contributed by atoms with Crippen LogP contribution in [0.1, 0.15) is 37.8 Å². The summed E-state index contributed by atoms with van der Waals surface area (Å²) in [5, 5.41) is 12.6. The highest BCUT2D eigenvalue weighted by molar-refractivity contribution is 5.88. The van der Waals surface area contributed by atoms with E-state index in [9.17, 15) is 28.0 Å². The molecule has 0 amide bonds. The van der Waals surface area contributed by atoms with Gasteiger partial charge in [-0.3, -0.25) is 4.79 Å².